The molecule has 0 fully saturated rings. The maximum atomic E-state index is 5.34. The molecule has 0 saturated heterocycles. The van der Waals surface area contributed by atoms with E-state index in [1.54, 1.807) is 6.33 Å². The van der Waals surface area contributed by atoms with E-state index < -0.39 is 0 Å². The molecule has 0 bridgehead atoms. The van der Waals surface area contributed by atoms with Crippen molar-refractivity contribution in [3.05, 3.63) is 17.7 Å². The van der Waals surface area contributed by atoms with Gasteiger partial charge >= 0.3 is 0 Å². The topological polar surface area (TPSA) is 37.9 Å². The zero-order valence-corrected chi connectivity index (χ0v) is 8.85. The SMILES string of the molecule is CCOCc1[nH]cnc1C(C)(C)C. The van der Waals surface area contributed by atoms with Crippen molar-refractivity contribution in [3.63, 3.8) is 0 Å². The van der Waals surface area contributed by atoms with Gasteiger partial charge in [-0.25, -0.2) is 4.98 Å². The number of rotatable bonds is 3. The van der Waals surface area contributed by atoms with Crippen molar-refractivity contribution in [3.8, 4) is 0 Å². The van der Waals surface area contributed by atoms with Gasteiger partial charge in [0.05, 0.1) is 24.3 Å². The third-order valence-electron chi connectivity index (χ3n) is 1.88. The number of nitrogens with one attached hydrogen (secondary N) is 1. The fourth-order valence-electron chi connectivity index (χ4n) is 1.28. The maximum absolute atomic E-state index is 5.34. The molecule has 3 heteroatoms. The van der Waals surface area contributed by atoms with Crippen LogP contribution in [0.5, 0.6) is 0 Å². The Kier molecular flexibility index (Phi) is 3.09. The molecule has 0 spiro atoms. The molecule has 1 rings (SSSR count). The lowest BCUT2D eigenvalue weighted by atomic mass is 9.91. The molecule has 0 amide bonds. The van der Waals surface area contributed by atoms with E-state index in [0.717, 1.165) is 18.0 Å². The number of nitrogens with zero attached hydrogens (tertiary/aromatic N) is 1. The zero-order chi connectivity index (χ0) is 9.90. The van der Waals surface area contributed by atoms with E-state index in [0.29, 0.717) is 6.61 Å². The number of hydrogen-bond donors (Lipinski definition) is 1. The predicted molar refractivity (Wildman–Crippen MR) is 52.6 cm³/mol. The van der Waals surface area contributed by atoms with Crippen LogP contribution in [0.25, 0.3) is 0 Å². The van der Waals surface area contributed by atoms with Crippen molar-refractivity contribution in [2.75, 3.05) is 6.61 Å². The van der Waals surface area contributed by atoms with E-state index in [2.05, 4.69) is 30.7 Å². The molecule has 0 unspecified atom stereocenters. The first kappa shape index (κ1) is 10.3. The van der Waals surface area contributed by atoms with Gasteiger partial charge in [-0.3, -0.25) is 0 Å². The first-order chi connectivity index (χ1) is 6.05. The van der Waals surface area contributed by atoms with Crippen LogP contribution >= 0.6 is 0 Å². The molecular formula is C10H18N2O. The zero-order valence-electron chi connectivity index (χ0n) is 8.85. The molecule has 0 aliphatic rings. The summed E-state index contributed by atoms with van der Waals surface area (Å²) >= 11 is 0. The van der Waals surface area contributed by atoms with Gasteiger partial charge < -0.3 is 9.72 Å². The summed E-state index contributed by atoms with van der Waals surface area (Å²) in [5.74, 6) is 0. The average molecular weight is 182 g/mol. The van der Waals surface area contributed by atoms with Gasteiger partial charge in [-0.05, 0) is 6.92 Å². The van der Waals surface area contributed by atoms with Crippen molar-refractivity contribution in [1.82, 2.24) is 9.97 Å². The van der Waals surface area contributed by atoms with Crippen LogP contribution in [-0.4, -0.2) is 16.6 Å². The van der Waals surface area contributed by atoms with Crippen LogP contribution in [-0.2, 0) is 16.8 Å². The lowest BCUT2D eigenvalue weighted by molar-refractivity contribution is 0.130. The standard InChI is InChI=1S/C10H18N2O/c1-5-13-6-8-9(10(2,3)4)12-7-11-8/h7H,5-6H2,1-4H3,(H,11,12). The first-order valence-corrected chi connectivity index (χ1v) is 4.66. The number of aromatic amines is 1. The molecule has 74 valence electrons. The molecule has 0 atom stereocenters. The highest BCUT2D eigenvalue weighted by molar-refractivity contribution is 5.18. The smallest absolute Gasteiger partial charge is 0.0926 e. The quantitative estimate of drug-likeness (QED) is 0.778. The van der Waals surface area contributed by atoms with E-state index in [1.807, 2.05) is 6.92 Å². The Hall–Kier alpha value is -0.830. The Bertz CT molecular complexity index is 260. The Morgan fingerprint density at radius 2 is 2.15 bits per heavy atom. The largest absolute Gasteiger partial charge is 0.375 e. The summed E-state index contributed by atoms with van der Waals surface area (Å²) < 4.78 is 5.34. The van der Waals surface area contributed by atoms with Crippen LogP contribution in [0.2, 0.25) is 0 Å². The fraction of sp³-hybridized carbons (Fsp3) is 0.700. The van der Waals surface area contributed by atoms with Gasteiger partial charge in [0.25, 0.3) is 0 Å². The Morgan fingerprint density at radius 3 is 2.69 bits per heavy atom. The van der Waals surface area contributed by atoms with Crippen LogP contribution < -0.4 is 0 Å². The van der Waals surface area contributed by atoms with Crippen molar-refractivity contribution in [1.29, 1.82) is 0 Å². The molecule has 0 saturated carbocycles. The second-order valence-electron chi connectivity index (χ2n) is 4.12. The second kappa shape index (κ2) is 3.92. The minimum atomic E-state index is 0.0897. The van der Waals surface area contributed by atoms with Crippen LogP contribution in [0.1, 0.15) is 39.1 Å². The number of hydrogen-bond acceptors (Lipinski definition) is 2. The van der Waals surface area contributed by atoms with Crippen LogP contribution in [0.4, 0.5) is 0 Å². The molecule has 0 aliphatic heterocycles. The monoisotopic (exact) mass is 182 g/mol. The van der Waals surface area contributed by atoms with E-state index in [-0.39, 0.29) is 5.41 Å². The van der Waals surface area contributed by atoms with Crippen molar-refractivity contribution < 1.29 is 4.74 Å². The summed E-state index contributed by atoms with van der Waals surface area (Å²) in [6.07, 6.45) is 1.73. The highest BCUT2D eigenvalue weighted by atomic mass is 16.5. The fourth-order valence-corrected chi connectivity index (χ4v) is 1.28. The third kappa shape index (κ3) is 2.56. The molecule has 1 aromatic heterocycles. The van der Waals surface area contributed by atoms with Gasteiger partial charge in [-0.1, -0.05) is 20.8 Å². The van der Waals surface area contributed by atoms with Crippen LogP contribution in [0.3, 0.4) is 0 Å². The van der Waals surface area contributed by atoms with E-state index in [4.69, 9.17) is 4.74 Å². The van der Waals surface area contributed by atoms with Gasteiger partial charge in [0.15, 0.2) is 0 Å². The Morgan fingerprint density at radius 1 is 1.46 bits per heavy atom. The summed E-state index contributed by atoms with van der Waals surface area (Å²) in [5.41, 5.74) is 2.28. The van der Waals surface area contributed by atoms with Gasteiger partial charge in [-0.2, -0.15) is 0 Å². The highest BCUT2D eigenvalue weighted by Gasteiger charge is 2.20. The minimum Gasteiger partial charge on any atom is -0.375 e. The van der Waals surface area contributed by atoms with E-state index in [1.165, 1.54) is 0 Å². The number of aromatic nitrogens is 2. The molecule has 0 radical (unpaired) electrons. The Labute approximate surface area is 79.5 Å². The molecule has 13 heavy (non-hydrogen) atoms. The van der Waals surface area contributed by atoms with Crippen LogP contribution in [0.15, 0.2) is 6.33 Å². The molecule has 1 aromatic rings. The predicted octanol–water partition coefficient (Wildman–Crippen LogP) is 2.24. The molecule has 0 aliphatic carbocycles. The van der Waals surface area contributed by atoms with Gasteiger partial charge in [0.1, 0.15) is 0 Å². The van der Waals surface area contributed by atoms with Gasteiger partial charge in [-0.15, -0.1) is 0 Å². The molecule has 0 aromatic carbocycles. The van der Waals surface area contributed by atoms with Crippen molar-refractivity contribution in [2.24, 2.45) is 0 Å². The van der Waals surface area contributed by atoms with Gasteiger partial charge in [0, 0.05) is 12.0 Å². The molecule has 1 heterocycles. The summed E-state index contributed by atoms with van der Waals surface area (Å²) in [7, 11) is 0. The van der Waals surface area contributed by atoms with Crippen molar-refractivity contribution >= 4 is 0 Å². The summed E-state index contributed by atoms with van der Waals surface area (Å²) in [4.78, 5) is 7.42. The van der Waals surface area contributed by atoms with Crippen molar-refractivity contribution in [2.45, 2.75) is 39.7 Å². The molecule has 1 N–H and O–H groups in total. The molecule has 3 nitrogen and oxygen atoms in total. The highest BCUT2D eigenvalue weighted by Crippen LogP contribution is 2.22. The maximum Gasteiger partial charge on any atom is 0.0926 e. The first-order valence-electron chi connectivity index (χ1n) is 4.66. The van der Waals surface area contributed by atoms with Crippen LogP contribution in [0, 0.1) is 0 Å². The minimum absolute atomic E-state index is 0.0897. The summed E-state index contributed by atoms with van der Waals surface area (Å²) in [6, 6.07) is 0. The third-order valence-corrected chi connectivity index (χ3v) is 1.88. The summed E-state index contributed by atoms with van der Waals surface area (Å²) in [6.45, 7) is 9.81. The number of H-pyrrole nitrogens is 1. The van der Waals surface area contributed by atoms with E-state index in [9.17, 15) is 0 Å². The van der Waals surface area contributed by atoms with E-state index >= 15 is 0 Å². The Balaban J connectivity index is 2.77. The second-order valence-corrected chi connectivity index (χ2v) is 4.12. The molecular weight excluding hydrogens is 164 g/mol. The number of imidazole rings is 1. The number of ether oxygens (including phenoxy) is 1. The summed E-state index contributed by atoms with van der Waals surface area (Å²) in [5, 5.41) is 0. The normalized spacial score (nSPS) is 12.0. The lowest BCUT2D eigenvalue weighted by Crippen LogP contribution is -2.15. The average Bonchev–Trinajstić information content (AvgIpc) is 2.47. The lowest BCUT2D eigenvalue weighted by Gasteiger charge is -2.17. The van der Waals surface area contributed by atoms with Gasteiger partial charge in [0.2, 0.25) is 0 Å².